The van der Waals surface area contributed by atoms with Crippen LogP contribution in [0.2, 0.25) is 0 Å². The summed E-state index contributed by atoms with van der Waals surface area (Å²) in [5, 5.41) is 4.01. The van der Waals surface area contributed by atoms with Crippen molar-refractivity contribution < 1.29 is 4.52 Å². The molecule has 2 heterocycles. The maximum Gasteiger partial charge on any atom is 0.227 e. The van der Waals surface area contributed by atoms with Crippen LogP contribution in [-0.2, 0) is 12.8 Å². The number of rotatable bonds is 5. The molecule has 0 saturated heterocycles. The fraction of sp³-hybridized carbons (Fsp3) is 0.500. The van der Waals surface area contributed by atoms with Gasteiger partial charge in [0, 0.05) is 18.2 Å². The zero-order valence-electron chi connectivity index (χ0n) is 11.7. The third-order valence-corrected chi connectivity index (χ3v) is 2.94. The van der Waals surface area contributed by atoms with Crippen LogP contribution in [0.4, 0.5) is 0 Å². The Morgan fingerprint density at radius 2 is 2.16 bits per heavy atom. The number of hydrogen-bond donors (Lipinski definition) is 1. The Hall–Kier alpha value is -1.75. The van der Waals surface area contributed by atoms with E-state index in [4.69, 9.17) is 10.3 Å². The lowest BCUT2D eigenvalue weighted by Gasteiger charge is -2.16. The van der Waals surface area contributed by atoms with Crippen LogP contribution >= 0.6 is 0 Å². The van der Waals surface area contributed by atoms with Crippen LogP contribution in [0, 0.1) is 0 Å². The van der Waals surface area contributed by atoms with Gasteiger partial charge < -0.3 is 10.3 Å². The predicted molar refractivity (Wildman–Crippen MR) is 73.5 cm³/mol. The standard InChI is InChI=1S/C14H20N4O/c1-4-10-6-5-9-16-12(10)13-17-11(19-18-13)7-8-14(2,3)15/h5-6,9H,4,7-8,15H2,1-3H3. The number of aryl methyl sites for hydroxylation is 2. The van der Waals surface area contributed by atoms with Crippen molar-refractivity contribution in [1.29, 1.82) is 0 Å². The van der Waals surface area contributed by atoms with E-state index < -0.39 is 0 Å². The largest absolute Gasteiger partial charge is 0.339 e. The topological polar surface area (TPSA) is 77.8 Å². The summed E-state index contributed by atoms with van der Waals surface area (Å²) in [5.74, 6) is 1.17. The highest BCUT2D eigenvalue weighted by Crippen LogP contribution is 2.19. The quantitative estimate of drug-likeness (QED) is 0.892. The average Bonchev–Trinajstić information content (AvgIpc) is 2.84. The minimum atomic E-state index is -0.228. The van der Waals surface area contributed by atoms with Crippen molar-refractivity contribution in [1.82, 2.24) is 15.1 Å². The minimum Gasteiger partial charge on any atom is -0.339 e. The van der Waals surface area contributed by atoms with E-state index in [2.05, 4.69) is 22.0 Å². The van der Waals surface area contributed by atoms with Crippen LogP contribution < -0.4 is 5.73 Å². The van der Waals surface area contributed by atoms with Crippen LogP contribution in [0.1, 0.15) is 38.6 Å². The Bertz CT molecular complexity index is 542. The third-order valence-electron chi connectivity index (χ3n) is 2.94. The van der Waals surface area contributed by atoms with Gasteiger partial charge in [0.25, 0.3) is 0 Å². The van der Waals surface area contributed by atoms with E-state index in [0.29, 0.717) is 18.1 Å². The molecular formula is C14H20N4O. The molecule has 102 valence electrons. The summed E-state index contributed by atoms with van der Waals surface area (Å²) >= 11 is 0. The highest BCUT2D eigenvalue weighted by molar-refractivity contribution is 5.53. The van der Waals surface area contributed by atoms with E-state index in [1.165, 1.54) is 0 Å². The van der Waals surface area contributed by atoms with E-state index in [0.717, 1.165) is 24.1 Å². The molecule has 0 bridgehead atoms. The van der Waals surface area contributed by atoms with Gasteiger partial charge in [-0.3, -0.25) is 4.98 Å². The van der Waals surface area contributed by atoms with Crippen LogP contribution in [0.15, 0.2) is 22.9 Å². The Morgan fingerprint density at radius 1 is 1.37 bits per heavy atom. The summed E-state index contributed by atoms with van der Waals surface area (Å²) < 4.78 is 5.26. The second kappa shape index (κ2) is 5.48. The summed E-state index contributed by atoms with van der Waals surface area (Å²) in [6.07, 6.45) is 4.12. The van der Waals surface area contributed by atoms with E-state index in [1.54, 1.807) is 6.20 Å². The number of pyridine rings is 1. The molecule has 0 aliphatic rings. The molecule has 0 aliphatic carbocycles. The fourth-order valence-electron chi connectivity index (χ4n) is 1.81. The molecular weight excluding hydrogens is 240 g/mol. The van der Waals surface area contributed by atoms with Crippen molar-refractivity contribution in [3.8, 4) is 11.5 Å². The number of nitrogens with two attached hydrogens (primary N) is 1. The molecule has 5 nitrogen and oxygen atoms in total. The van der Waals surface area contributed by atoms with Gasteiger partial charge in [-0.15, -0.1) is 0 Å². The predicted octanol–water partition coefficient (Wildman–Crippen LogP) is 2.36. The van der Waals surface area contributed by atoms with E-state index in [9.17, 15) is 0 Å². The second-order valence-electron chi connectivity index (χ2n) is 5.36. The first-order valence-electron chi connectivity index (χ1n) is 6.55. The van der Waals surface area contributed by atoms with Crippen molar-refractivity contribution in [3.05, 3.63) is 29.8 Å². The van der Waals surface area contributed by atoms with E-state index in [-0.39, 0.29) is 5.54 Å². The molecule has 2 rings (SSSR count). The molecule has 5 heteroatoms. The molecule has 2 aromatic rings. The van der Waals surface area contributed by atoms with Crippen LogP contribution in [0.3, 0.4) is 0 Å². The lowest BCUT2D eigenvalue weighted by Crippen LogP contribution is -2.32. The van der Waals surface area contributed by atoms with E-state index >= 15 is 0 Å². The van der Waals surface area contributed by atoms with Gasteiger partial charge in [0.1, 0.15) is 5.69 Å². The Balaban J connectivity index is 2.17. The number of aromatic nitrogens is 3. The molecule has 0 fully saturated rings. The molecule has 0 unspecified atom stereocenters. The van der Waals surface area contributed by atoms with Crippen molar-refractivity contribution in [2.75, 3.05) is 0 Å². The Labute approximate surface area is 113 Å². The Kier molecular flexibility index (Phi) is 3.95. The summed E-state index contributed by atoms with van der Waals surface area (Å²) in [6.45, 7) is 6.05. The Morgan fingerprint density at radius 3 is 2.84 bits per heavy atom. The SMILES string of the molecule is CCc1cccnc1-c1noc(CCC(C)(C)N)n1. The van der Waals surface area contributed by atoms with Crippen LogP contribution in [0.5, 0.6) is 0 Å². The summed E-state index contributed by atoms with van der Waals surface area (Å²) in [5.41, 5.74) is 7.63. The fourth-order valence-corrected chi connectivity index (χ4v) is 1.81. The third kappa shape index (κ3) is 3.61. The maximum atomic E-state index is 5.94. The zero-order chi connectivity index (χ0) is 13.9. The van der Waals surface area contributed by atoms with Gasteiger partial charge in [0.2, 0.25) is 11.7 Å². The van der Waals surface area contributed by atoms with Crippen molar-refractivity contribution in [3.63, 3.8) is 0 Å². The average molecular weight is 260 g/mol. The van der Waals surface area contributed by atoms with Crippen molar-refractivity contribution >= 4 is 0 Å². The monoisotopic (exact) mass is 260 g/mol. The highest BCUT2D eigenvalue weighted by atomic mass is 16.5. The van der Waals surface area contributed by atoms with Gasteiger partial charge >= 0.3 is 0 Å². The summed E-state index contributed by atoms with van der Waals surface area (Å²) in [4.78, 5) is 8.73. The number of nitrogens with zero attached hydrogens (tertiary/aromatic N) is 3. The lowest BCUT2D eigenvalue weighted by atomic mass is 10.0. The van der Waals surface area contributed by atoms with Gasteiger partial charge in [-0.2, -0.15) is 4.98 Å². The number of hydrogen-bond acceptors (Lipinski definition) is 5. The molecule has 0 amide bonds. The molecule has 0 saturated carbocycles. The second-order valence-corrected chi connectivity index (χ2v) is 5.36. The van der Waals surface area contributed by atoms with Crippen LogP contribution in [-0.4, -0.2) is 20.7 Å². The summed E-state index contributed by atoms with van der Waals surface area (Å²) in [7, 11) is 0. The van der Waals surface area contributed by atoms with Gasteiger partial charge in [-0.1, -0.05) is 18.1 Å². The zero-order valence-corrected chi connectivity index (χ0v) is 11.7. The molecule has 2 N–H and O–H groups in total. The molecule has 19 heavy (non-hydrogen) atoms. The first kappa shape index (κ1) is 13.7. The molecule has 0 atom stereocenters. The minimum absolute atomic E-state index is 0.228. The van der Waals surface area contributed by atoms with Gasteiger partial charge in [0.15, 0.2) is 0 Å². The highest BCUT2D eigenvalue weighted by Gasteiger charge is 2.16. The molecule has 0 aromatic carbocycles. The summed E-state index contributed by atoms with van der Waals surface area (Å²) in [6, 6.07) is 3.95. The van der Waals surface area contributed by atoms with Gasteiger partial charge in [-0.25, -0.2) is 0 Å². The van der Waals surface area contributed by atoms with Gasteiger partial charge in [-0.05, 0) is 38.3 Å². The smallest absolute Gasteiger partial charge is 0.227 e. The van der Waals surface area contributed by atoms with Gasteiger partial charge in [0.05, 0.1) is 0 Å². The molecule has 0 aliphatic heterocycles. The van der Waals surface area contributed by atoms with Crippen LogP contribution in [0.25, 0.3) is 11.5 Å². The van der Waals surface area contributed by atoms with Crippen molar-refractivity contribution in [2.24, 2.45) is 5.73 Å². The molecule has 2 aromatic heterocycles. The normalized spacial score (nSPS) is 11.8. The van der Waals surface area contributed by atoms with E-state index in [1.807, 2.05) is 26.0 Å². The lowest BCUT2D eigenvalue weighted by molar-refractivity contribution is 0.358. The molecule has 0 radical (unpaired) electrons. The maximum absolute atomic E-state index is 5.94. The first-order chi connectivity index (χ1) is 8.99. The van der Waals surface area contributed by atoms with Crippen molar-refractivity contribution in [2.45, 2.75) is 45.6 Å². The molecule has 0 spiro atoms. The first-order valence-corrected chi connectivity index (χ1v) is 6.55.